The molecule has 0 saturated carbocycles. The second-order valence-corrected chi connectivity index (χ2v) is 6.91. The first-order valence-electron chi connectivity index (χ1n) is 5.77. The molecule has 18 heavy (non-hydrogen) atoms. The molecule has 1 aromatic rings. The van der Waals surface area contributed by atoms with E-state index < -0.39 is 5.82 Å². The quantitative estimate of drug-likeness (QED) is 0.826. The number of hydrogen-bond acceptors (Lipinski definition) is 3. The molecule has 3 nitrogen and oxygen atoms in total. The standard InChI is InChI=1S/C13H19FN2OS/c1-13(2,3)18-7-6-12(17)16-11-5-4-9(14)8-10(11)15/h4-5,8H,6-7,15H2,1-3H3,(H,16,17). The molecule has 0 atom stereocenters. The minimum atomic E-state index is -0.409. The Hall–Kier alpha value is -1.23. The molecule has 5 heteroatoms. The van der Waals surface area contributed by atoms with Crippen molar-refractivity contribution in [2.75, 3.05) is 16.8 Å². The molecule has 0 aliphatic rings. The fourth-order valence-electron chi connectivity index (χ4n) is 1.31. The van der Waals surface area contributed by atoms with E-state index in [2.05, 4.69) is 26.1 Å². The Kier molecular flexibility index (Phi) is 5.02. The van der Waals surface area contributed by atoms with Crippen molar-refractivity contribution < 1.29 is 9.18 Å². The molecule has 0 aliphatic heterocycles. The van der Waals surface area contributed by atoms with Crippen molar-refractivity contribution in [1.82, 2.24) is 0 Å². The van der Waals surface area contributed by atoms with Crippen molar-refractivity contribution in [3.8, 4) is 0 Å². The van der Waals surface area contributed by atoms with Crippen LogP contribution in [0.4, 0.5) is 15.8 Å². The van der Waals surface area contributed by atoms with Gasteiger partial charge >= 0.3 is 0 Å². The van der Waals surface area contributed by atoms with Crippen LogP contribution in [0.1, 0.15) is 27.2 Å². The molecule has 1 aromatic carbocycles. The van der Waals surface area contributed by atoms with Gasteiger partial charge in [0.25, 0.3) is 0 Å². The lowest BCUT2D eigenvalue weighted by Crippen LogP contribution is -2.16. The van der Waals surface area contributed by atoms with Crippen molar-refractivity contribution in [3.05, 3.63) is 24.0 Å². The molecule has 0 fully saturated rings. The van der Waals surface area contributed by atoms with E-state index in [0.29, 0.717) is 12.1 Å². The van der Waals surface area contributed by atoms with Gasteiger partial charge in [-0.05, 0) is 18.2 Å². The van der Waals surface area contributed by atoms with Crippen molar-refractivity contribution in [1.29, 1.82) is 0 Å². The van der Waals surface area contributed by atoms with Crippen LogP contribution in [-0.2, 0) is 4.79 Å². The van der Waals surface area contributed by atoms with Gasteiger partial charge in [0.2, 0.25) is 5.91 Å². The van der Waals surface area contributed by atoms with Crippen molar-refractivity contribution in [3.63, 3.8) is 0 Å². The second kappa shape index (κ2) is 6.09. The Bertz CT molecular complexity index is 429. The number of carbonyl (C=O) groups excluding carboxylic acids is 1. The van der Waals surface area contributed by atoms with E-state index in [1.165, 1.54) is 18.2 Å². The number of anilines is 2. The summed E-state index contributed by atoms with van der Waals surface area (Å²) in [4.78, 5) is 11.7. The molecule has 1 rings (SSSR count). The predicted molar refractivity (Wildman–Crippen MR) is 76.3 cm³/mol. The first-order chi connectivity index (χ1) is 8.28. The lowest BCUT2D eigenvalue weighted by Gasteiger charge is -2.17. The molecule has 0 radical (unpaired) electrons. The lowest BCUT2D eigenvalue weighted by atomic mass is 10.2. The number of thioether (sulfide) groups is 1. The third kappa shape index (κ3) is 5.40. The highest BCUT2D eigenvalue weighted by Crippen LogP contribution is 2.24. The Morgan fingerprint density at radius 3 is 2.67 bits per heavy atom. The summed E-state index contributed by atoms with van der Waals surface area (Å²) in [5.41, 5.74) is 6.31. The van der Waals surface area contributed by atoms with Gasteiger partial charge in [-0.2, -0.15) is 11.8 Å². The number of halogens is 1. The SMILES string of the molecule is CC(C)(C)SCCC(=O)Nc1ccc(F)cc1N. The summed E-state index contributed by atoms with van der Waals surface area (Å²) in [5, 5.41) is 2.68. The van der Waals surface area contributed by atoms with Gasteiger partial charge in [-0.1, -0.05) is 20.8 Å². The number of benzene rings is 1. The molecule has 0 spiro atoms. The molecule has 0 bridgehead atoms. The molecule has 100 valence electrons. The second-order valence-electron chi connectivity index (χ2n) is 4.99. The highest BCUT2D eigenvalue weighted by Gasteiger charge is 2.12. The van der Waals surface area contributed by atoms with Gasteiger partial charge < -0.3 is 11.1 Å². The molecule has 0 heterocycles. The van der Waals surface area contributed by atoms with Crippen molar-refractivity contribution >= 4 is 29.0 Å². The summed E-state index contributed by atoms with van der Waals surface area (Å²) in [6.07, 6.45) is 0.415. The van der Waals surface area contributed by atoms with E-state index in [1.807, 2.05) is 0 Å². The Morgan fingerprint density at radius 1 is 1.44 bits per heavy atom. The van der Waals surface area contributed by atoms with Crippen LogP contribution >= 0.6 is 11.8 Å². The van der Waals surface area contributed by atoms with Crippen LogP contribution in [0.5, 0.6) is 0 Å². The maximum atomic E-state index is 12.8. The number of carbonyl (C=O) groups is 1. The average Bonchev–Trinajstić information content (AvgIpc) is 2.20. The van der Waals surface area contributed by atoms with E-state index in [4.69, 9.17) is 5.73 Å². The van der Waals surface area contributed by atoms with E-state index in [9.17, 15) is 9.18 Å². The van der Waals surface area contributed by atoms with Gasteiger partial charge in [-0.25, -0.2) is 4.39 Å². The van der Waals surface area contributed by atoms with Gasteiger partial charge in [0.05, 0.1) is 11.4 Å². The van der Waals surface area contributed by atoms with Crippen LogP contribution in [0.25, 0.3) is 0 Å². The number of hydrogen-bond donors (Lipinski definition) is 2. The monoisotopic (exact) mass is 270 g/mol. The number of nitrogen functional groups attached to an aromatic ring is 1. The number of rotatable bonds is 4. The van der Waals surface area contributed by atoms with Crippen LogP contribution in [0.3, 0.4) is 0 Å². The third-order valence-electron chi connectivity index (χ3n) is 2.15. The van der Waals surface area contributed by atoms with Crippen LogP contribution < -0.4 is 11.1 Å². The summed E-state index contributed by atoms with van der Waals surface area (Å²) >= 11 is 1.73. The van der Waals surface area contributed by atoms with E-state index >= 15 is 0 Å². The van der Waals surface area contributed by atoms with Gasteiger partial charge in [0.15, 0.2) is 0 Å². The minimum absolute atomic E-state index is 0.106. The van der Waals surface area contributed by atoms with Gasteiger partial charge in [0, 0.05) is 16.9 Å². The molecule has 0 aromatic heterocycles. The number of nitrogens with two attached hydrogens (primary N) is 1. The average molecular weight is 270 g/mol. The Morgan fingerprint density at radius 2 is 2.11 bits per heavy atom. The smallest absolute Gasteiger partial charge is 0.225 e. The van der Waals surface area contributed by atoms with Crippen molar-refractivity contribution in [2.24, 2.45) is 0 Å². The maximum absolute atomic E-state index is 12.8. The number of nitrogens with one attached hydrogen (secondary N) is 1. The summed E-state index contributed by atoms with van der Waals surface area (Å²) in [5.74, 6) is 0.232. The zero-order valence-corrected chi connectivity index (χ0v) is 11.7. The zero-order chi connectivity index (χ0) is 13.8. The van der Waals surface area contributed by atoms with Gasteiger partial charge in [0.1, 0.15) is 5.82 Å². The molecular weight excluding hydrogens is 251 g/mol. The summed E-state index contributed by atoms with van der Waals surface area (Å²) < 4.78 is 13.0. The van der Waals surface area contributed by atoms with Crippen LogP contribution in [0.2, 0.25) is 0 Å². The highest BCUT2D eigenvalue weighted by atomic mass is 32.2. The molecule has 3 N–H and O–H groups in total. The van der Waals surface area contributed by atoms with Crippen LogP contribution in [0, 0.1) is 5.82 Å². The predicted octanol–water partition coefficient (Wildman–Crippen LogP) is 3.27. The van der Waals surface area contributed by atoms with Crippen molar-refractivity contribution in [2.45, 2.75) is 31.9 Å². The third-order valence-corrected chi connectivity index (χ3v) is 3.43. The maximum Gasteiger partial charge on any atom is 0.225 e. The van der Waals surface area contributed by atoms with E-state index in [-0.39, 0.29) is 16.3 Å². The van der Waals surface area contributed by atoms with Crippen LogP contribution in [-0.4, -0.2) is 16.4 Å². The summed E-state index contributed by atoms with van der Waals surface area (Å²) in [6.45, 7) is 6.31. The lowest BCUT2D eigenvalue weighted by molar-refractivity contribution is -0.115. The number of amides is 1. The van der Waals surface area contributed by atoms with Gasteiger partial charge in [-0.3, -0.25) is 4.79 Å². The Balaban J connectivity index is 2.45. The van der Waals surface area contributed by atoms with E-state index in [1.54, 1.807) is 11.8 Å². The largest absolute Gasteiger partial charge is 0.397 e. The first-order valence-corrected chi connectivity index (χ1v) is 6.75. The van der Waals surface area contributed by atoms with Crippen LogP contribution in [0.15, 0.2) is 18.2 Å². The topological polar surface area (TPSA) is 55.1 Å². The molecule has 0 unspecified atom stereocenters. The fourth-order valence-corrected chi connectivity index (χ4v) is 2.21. The normalized spacial score (nSPS) is 11.3. The first kappa shape index (κ1) is 14.8. The molecule has 0 saturated heterocycles. The Labute approximate surface area is 111 Å². The highest BCUT2D eigenvalue weighted by molar-refractivity contribution is 8.00. The van der Waals surface area contributed by atoms with E-state index in [0.717, 1.165) is 5.75 Å². The summed E-state index contributed by atoms with van der Waals surface area (Å²) in [6, 6.07) is 3.94. The van der Waals surface area contributed by atoms with Gasteiger partial charge in [-0.15, -0.1) is 0 Å². The fraction of sp³-hybridized carbons (Fsp3) is 0.462. The summed E-state index contributed by atoms with van der Waals surface area (Å²) in [7, 11) is 0. The zero-order valence-electron chi connectivity index (χ0n) is 10.9. The molecule has 0 aliphatic carbocycles. The molecular formula is C13H19FN2OS. The minimum Gasteiger partial charge on any atom is -0.397 e. The molecule has 1 amide bonds.